The van der Waals surface area contributed by atoms with Crippen molar-refractivity contribution < 1.29 is 4.74 Å². The highest BCUT2D eigenvalue weighted by atomic mass is 16.5. The minimum Gasteiger partial charge on any atom is -0.492 e. The lowest BCUT2D eigenvalue weighted by Crippen LogP contribution is -2.19. The quantitative estimate of drug-likeness (QED) is 0.774. The monoisotopic (exact) mass is 254 g/mol. The molecule has 0 spiro atoms. The van der Waals surface area contributed by atoms with Crippen molar-refractivity contribution in [3.05, 3.63) is 42.5 Å². The lowest BCUT2D eigenvalue weighted by Gasteiger charge is -2.10. The molecule has 19 heavy (non-hydrogen) atoms. The van der Waals surface area contributed by atoms with Gasteiger partial charge in [-0.2, -0.15) is 0 Å². The van der Waals surface area contributed by atoms with E-state index in [4.69, 9.17) is 4.74 Å². The van der Waals surface area contributed by atoms with Gasteiger partial charge >= 0.3 is 0 Å². The molecule has 98 valence electrons. The highest BCUT2D eigenvalue weighted by molar-refractivity contribution is 6.07. The van der Waals surface area contributed by atoms with E-state index in [0.717, 1.165) is 17.8 Å². The third-order valence-corrected chi connectivity index (χ3v) is 3.28. The van der Waals surface area contributed by atoms with Gasteiger partial charge in [-0.25, -0.2) is 0 Å². The first-order valence-corrected chi connectivity index (χ1v) is 6.52. The molecule has 1 heterocycles. The molecular formula is C16H18N2O. The fourth-order valence-corrected chi connectivity index (χ4v) is 2.26. The Morgan fingerprint density at radius 3 is 2.63 bits per heavy atom. The van der Waals surface area contributed by atoms with E-state index in [1.165, 1.54) is 16.3 Å². The summed E-state index contributed by atoms with van der Waals surface area (Å²) in [5, 5.41) is 2.47. The molecule has 0 unspecified atom stereocenters. The standard InChI is InChI=1S/C16H18N2O/c1-18(2)9-10-19-12-7-8-16-14(11-12)13-5-3-4-6-15(13)17-16/h3-8,11,17H,9-10H2,1-2H3. The van der Waals surface area contributed by atoms with Gasteiger partial charge in [0.15, 0.2) is 0 Å². The number of fused-ring (bicyclic) bond motifs is 3. The van der Waals surface area contributed by atoms with Gasteiger partial charge in [0.25, 0.3) is 0 Å². The number of nitrogens with one attached hydrogen (secondary N) is 1. The summed E-state index contributed by atoms with van der Waals surface area (Å²) in [6.45, 7) is 1.63. The second-order valence-corrected chi connectivity index (χ2v) is 5.03. The van der Waals surface area contributed by atoms with Crippen molar-refractivity contribution in [2.24, 2.45) is 0 Å². The van der Waals surface area contributed by atoms with Crippen LogP contribution >= 0.6 is 0 Å². The number of aromatic nitrogens is 1. The Balaban J connectivity index is 1.93. The van der Waals surface area contributed by atoms with Crippen LogP contribution in [0.4, 0.5) is 0 Å². The van der Waals surface area contributed by atoms with Gasteiger partial charge in [-0.3, -0.25) is 0 Å². The Hall–Kier alpha value is -2.00. The van der Waals surface area contributed by atoms with Gasteiger partial charge in [0, 0.05) is 28.4 Å². The molecule has 0 aliphatic carbocycles. The molecule has 2 aromatic carbocycles. The third kappa shape index (κ3) is 2.42. The highest BCUT2D eigenvalue weighted by Gasteiger charge is 2.04. The largest absolute Gasteiger partial charge is 0.492 e. The van der Waals surface area contributed by atoms with Crippen LogP contribution in [0.1, 0.15) is 0 Å². The second-order valence-electron chi connectivity index (χ2n) is 5.03. The van der Waals surface area contributed by atoms with Crippen LogP contribution in [0, 0.1) is 0 Å². The van der Waals surface area contributed by atoms with Gasteiger partial charge in [-0.05, 0) is 38.4 Å². The molecule has 0 atom stereocenters. The average molecular weight is 254 g/mol. The third-order valence-electron chi connectivity index (χ3n) is 3.28. The van der Waals surface area contributed by atoms with Crippen molar-refractivity contribution in [1.29, 1.82) is 0 Å². The van der Waals surface area contributed by atoms with Crippen LogP contribution < -0.4 is 4.74 Å². The first-order valence-electron chi connectivity index (χ1n) is 6.52. The molecule has 3 nitrogen and oxygen atoms in total. The highest BCUT2D eigenvalue weighted by Crippen LogP contribution is 2.28. The number of rotatable bonds is 4. The van der Waals surface area contributed by atoms with Crippen LogP contribution in [-0.2, 0) is 0 Å². The summed E-state index contributed by atoms with van der Waals surface area (Å²) >= 11 is 0. The number of aromatic amines is 1. The Morgan fingerprint density at radius 1 is 1.00 bits per heavy atom. The van der Waals surface area contributed by atoms with E-state index in [1.807, 2.05) is 26.2 Å². The van der Waals surface area contributed by atoms with Crippen LogP contribution in [0.2, 0.25) is 0 Å². The van der Waals surface area contributed by atoms with Gasteiger partial charge in [0.2, 0.25) is 0 Å². The predicted octanol–water partition coefficient (Wildman–Crippen LogP) is 3.26. The minimum absolute atomic E-state index is 0.709. The van der Waals surface area contributed by atoms with Crippen molar-refractivity contribution in [2.75, 3.05) is 27.2 Å². The summed E-state index contributed by atoms with van der Waals surface area (Å²) in [6, 6.07) is 14.6. The normalized spacial score (nSPS) is 11.5. The Morgan fingerprint density at radius 2 is 1.79 bits per heavy atom. The predicted molar refractivity (Wildman–Crippen MR) is 79.9 cm³/mol. The molecule has 3 heteroatoms. The number of ether oxygens (including phenoxy) is 1. The van der Waals surface area contributed by atoms with Gasteiger partial charge in [0.1, 0.15) is 12.4 Å². The number of hydrogen-bond acceptors (Lipinski definition) is 2. The molecule has 0 saturated carbocycles. The first kappa shape index (κ1) is 12.1. The summed E-state index contributed by atoms with van der Waals surface area (Å²) < 4.78 is 5.79. The van der Waals surface area contributed by atoms with Crippen LogP contribution in [0.5, 0.6) is 5.75 Å². The number of para-hydroxylation sites is 1. The maximum Gasteiger partial charge on any atom is 0.120 e. The summed E-state index contributed by atoms with van der Waals surface area (Å²) in [5.74, 6) is 0.930. The molecule has 0 radical (unpaired) electrons. The fourth-order valence-electron chi connectivity index (χ4n) is 2.26. The van der Waals surface area contributed by atoms with E-state index in [2.05, 4.69) is 40.2 Å². The van der Waals surface area contributed by atoms with Crippen molar-refractivity contribution in [1.82, 2.24) is 9.88 Å². The van der Waals surface area contributed by atoms with E-state index < -0.39 is 0 Å². The smallest absolute Gasteiger partial charge is 0.120 e. The maximum atomic E-state index is 5.79. The number of hydrogen-bond donors (Lipinski definition) is 1. The van der Waals surface area contributed by atoms with Crippen LogP contribution in [0.15, 0.2) is 42.5 Å². The summed E-state index contributed by atoms with van der Waals surface area (Å²) in [7, 11) is 4.10. The molecule has 0 aliphatic rings. The fraction of sp³-hybridized carbons (Fsp3) is 0.250. The Labute approximate surface area is 112 Å². The Bertz CT molecular complexity index is 700. The van der Waals surface area contributed by atoms with Crippen LogP contribution in [-0.4, -0.2) is 37.1 Å². The van der Waals surface area contributed by atoms with E-state index >= 15 is 0 Å². The molecule has 0 saturated heterocycles. The first-order chi connectivity index (χ1) is 9.24. The second kappa shape index (κ2) is 4.94. The lowest BCUT2D eigenvalue weighted by atomic mass is 10.1. The molecule has 3 rings (SSSR count). The van der Waals surface area contributed by atoms with Crippen molar-refractivity contribution in [3.63, 3.8) is 0 Å². The lowest BCUT2D eigenvalue weighted by molar-refractivity contribution is 0.261. The van der Waals surface area contributed by atoms with E-state index in [1.54, 1.807) is 0 Å². The van der Waals surface area contributed by atoms with E-state index in [9.17, 15) is 0 Å². The molecular weight excluding hydrogens is 236 g/mol. The van der Waals surface area contributed by atoms with Crippen molar-refractivity contribution in [2.45, 2.75) is 0 Å². The molecule has 1 N–H and O–H groups in total. The van der Waals surface area contributed by atoms with Gasteiger partial charge < -0.3 is 14.6 Å². The molecule has 0 fully saturated rings. The number of nitrogens with zero attached hydrogens (tertiary/aromatic N) is 1. The van der Waals surface area contributed by atoms with Gasteiger partial charge in [0.05, 0.1) is 0 Å². The van der Waals surface area contributed by atoms with Gasteiger partial charge in [-0.15, -0.1) is 0 Å². The average Bonchev–Trinajstić information content (AvgIpc) is 2.76. The zero-order valence-corrected chi connectivity index (χ0v) is 11.3. The van der Waals surface area contributed by atoms with E-state index in [-0.39, 0.29) is 0 Å². The number of H-pyrrole nitrogens is 1. The van der Waals surface area contributed by atoms with Crippen molar-refractivity contribution in [3.8, 4) is 5.75 Å². The van der Waals surface area contributed by atoms with Crippen molar-refractivity contribution >= 4 is 21.8 Å². The van der Waals surface area contributed by atoms with Crippen LogP contribution in [0.3, 0.4) is 0 Å². The number of likely N-dealkylation sites (N-methyl/N-ethyl adjacent to an activating group) is 1. The Kier molecular flexibility index (Phi) is 3.13. The number of benzene rings is 2. The minimum atomic E-state index is 0.709. The topological polar surface area (TPSA) is 28.3 Å². The van der Waals surface area contributed by atoms with Crippen LogP contribution in [0.25, 0.3) is 21.8 Å². The summed E-state index contributed by atoms with van der Waals surface area (Å²) in [6.07, 6.45) is 0. The molecule has 3 aromatic rings. The summed E-state index contributed by atoms with van der Waals surface area (Å²) in [4.78, 5) is 5.53. The van der Waals surface area contributed by atoms with E-state index in [0.29, 0.717) is 6.61 Å². The molecule has 0 bridgehead atoms. The molecule has 1 aromatic heterocycles. The summed E-state index contributed by atoms with van der Waals surface area (Å²) in [5.41, 5.74) is 2.32. The molecule has 0 amide bonds. The van der Waals surface area contributed by atoms with Gasteiger partial charge in [-0.1, -0.05) is 18.2 Å². The zero-order chi connectivity index (χ0) is 13.2. The SMILES string of the molecule is CN(C)CCOc1ccc2[nH]c3ccccc3c2c1. The maximum absolute atomic E-state index is 5.79. The molecule has 0 aliphatic heterocycles. The zero-order valence-electron chi connectivity index (χ0n) is 11.3.